The number of nitrogens with zero attached hydrogens (tertiary/aromatic N) is 1. The monoisotopic (exact) mass is 436 g/mol. The number of aliphatic hydroxyl groups excluding tert-OH is 1. The SMILES string of the molecule is CC(C)C(C)(C)[Si](C)(C)Oc1ccc(C(=O)NOC(=O)N2CCCC(O)CC2)cc1. The number of likely N-dealkylation sites (tertiary alicyclic amines) is 1. The van der Waals surface area contributed by atoms with E-state index in [4.69, 9.17) is 9.26 Å². The van der Waals surface area contributed by atoms with Crippen molar-refractivity contribution in [2.45, 2.75) is 71.2 Å². The number of benzene rings is 1. The number of rotatable bonds is 5. The Labute approximate surface area is 180 Å². The average Bonchev–Trinajstić information content (AvgIpc) is 2.90. The van der Waals surface area contributed by atoms with Crippen LogP contribution in [0.4, 0.5) is 4.79 Å². The van der Waals surface area contributed by atoms with Crippen LogP contribution in [0.2, 0.25) is 18.1 Å². The van der Waals surface area contributed by atoms with Gasteiger partial charge in [0.25, 0.3) is 14.2 Å². The number of nitrogens with one attached hydrogen (secondary N) is 1. The summed E-state index contributed by atoms with van der Waals surface area (Å²) < 4.78 is 6.36. The molecule has 1 aliphatic rings. The van der Waals surface area contributed by atoms with Crippen molar-refractivity contribution in [3.63, 3.8) is 0 Å². The largest absolute Gasteiger partial charge is 0.543 e. The van der Waals surface area contributed by atoms with E-state index in [2.05, 4.69) is 46.3 Å². The third-order valence-corrected chi connectivity index (χ3v) is 11.1. The van der Waals surface area contributed by atoms with Crippen LogP contribution < -0.4 is 9.91 Å². The first-order chi connectivity index (χ1) is 13.9. The van der Waals surface area contributed by atoms with Gasteiger partial charge in [0.05, 0.1) is 6.10 Å². The lowest BCUT2D eigenvalue weighted by Crippen LogP contribution is -2.47. The number of hydrogen-bond donors (Lipinski definition) is 2. The first kappa shape index (κ1) is 24.2. The maximum Gasteiger partial charge on any atom is 0.434 e. The summed E-state index contributed by atoms with van der Waals surface area (Å²) in [5.74, 6) is 0.729. The lowest BCUT2D eigenvalue weighted by Gasteiger charge is -2.42. The summed E-state index contributed by atoms with van der Waals surface area (Å²) >= 11 is 0. The van der Waals surface area contributed by atoms with E-state index < -0.39 is 26.4 Å². The van der Waals surface area contributed by atoms with Crippen molar-refractivity contribution in [3.8, 4) is 5.75 Å². The summed E-state index contributed by atoms with van der Waals surface area (Å²) in [6.45, 7) is 14.2. The number of aliphatic hydroxyl groups is 1. The van der Waals surface area contributed by atoms with Gasteiger partial charge in [-0.1, -0.05) is 27.7 Å². The smallest absolute Gasteiger partial charge is 0.434 e. The minimum atomic E-state index is -2.03. The summed E-state index contributed by atoms with van der Waals surface area (Å²) in [7, 11) is -2.03. The van der Waals surface area contributed by atoms with E-state index in [9.17, 15) is 14.7 Å². The van der Waals surface area contributed by atoms with Crippen LogP contribution in [-0.2, 0) is 4.84 Å². The highest BCUT2D eigenvalue weighted by molar-refractivity contribution is 6.74. The van der Waals surface area contributed by atoms with Gasteiger partial charge in [-0.15, -0.1) is 0 Å². The van der Waals surface area contributed by atoms with Gasteiger partial charge < -0.3 is 19.3 Å². The zero-order chi connectivity index (χ0) is 22.5. The van der Waals surface area contributed by atoms with Crippen molar-refractivity contribution in [2.24, 2.45) is 5.92 Å². The maximum atomic E-state index is 12.3. The second-order valence-electron chi connectivity index (χ2n) is 9.38. The van der Waals surface area contributed by atoms with Crippen LogP contribution in [0.3, 0.4) is 0 Å². The predicted octanol–water partition coefficient (Wildman–Crippen LogP) is 4.33. The Balaban J connectivity index is 1.91. The Morgan fingerprint density at radius 3 is 2.40 bits per heavy atom. The second-order valence-corrected chi connectivity index (χ2v) is 13.9. The summed E-state index contributed by atoms with van der Waals surface area (Å²) in [6, 6.07) is 6.87. The fourth-order valence-corrected chi connectivity index (χ4v) is 5.65. The van der Waals surface area contributed by atoms with Gasteiger partial charge >= 0.3 is 6.09 Å². The molecule has 168 valence electrons. The fourth-order valence-electron chi connectivity index (χ4n) is 3.27. The van der Waals surface area contributed by atoms with Crippen LogP contribution in [0, 0.1) is 5.92 Å². The molecule has 2 N–H and O–H groups in total. The van der Waals surface area contributed by atoms with Gasteiger partial charge in [0.15, 0.2) is 0 Å². The van der Waals surface area contributed by atoms with E-state index in [-0.39, 0.29) is 5.04 Å². The summed E-state index contributed by atoms with van der Waals surface area (Å²) in [6.07, 6.45) is 0.883. The van der Waals surface area contributed by atoms with Gasteiger partial charge in [-0.3, -0.25) is 4.79 Å². The molecule has 0 spiro atoms. The third-order valence-electron chi connectivity index (χ3n) is 6.67. The lowest BCUT2D eigenvalue weighted by molar-refractivity contribution is 0.0419. The molecule has 1 atom stereocenters. The molecule has 1 fully saturated rings. The second kappa shape index (κ2) is 9.83. The molecule has 0 aliphatic carbocycles. The molecule has 7 nitrogen and oxygen atoms in total. The third kappa shape index (κ3) is 5.98. The maximum absolute atomic E-state index is 12.3. The Bertz CT molecular complexity index is 734. The first-order valence-electron chi connectivity index (χ1n) is 10.7. The van der Waals surface area contributed by atoms with Gasteiger partial charge in [0.2, 0.25) is 0 Å². The van der Waals surface area contributed by atoms with E-state index in [1.807, 2.05) is 0 Å². The molecule has 2 amide bonds. The Morgan fingerprint density at radius 2 is 1.80 bits per heavy atom. The van der Waals surface area contributed by atoms with E-state index in [0.29, 0.717) is 43.8 Å². The van der Waals surface area contributed by atoms with E-state index in [1.54, 1.807) is 24.3 Å². The average molecular weight is 437 g/mol. The number of amides is 2. The number of hydroxylamine groups is 1. The molecule has 0 radical (unpaired) electrons. The van der Waals surface area contributed by atoms with Crippen molar-refractivity contribution < 1.29 is 24.0 Å². The highest BCUT2D eigenvalue weighted by Gasteiger charge is 2.44. The van der Waals surface area contributed by atoms with Crippen LogP contribution in [0.5, 0.6) is 5.75 Å². The molecule has 1 unspecified atom stereocenters. The Kier molecular flexibility index (Phi) is 7.93. The van der Waals surface area contributed by atoms with E-state index >= 15 is 0 Å². The van der Waals surface area contributed by atoms with Gasteiger partial charge in [-0.2, -0.15) is 5.48 Å². The zero-order valence-electron chi connectivity index (χ0n) is 19.0. The van der Waals surface area contributed by atoms with E-state index in [0.717, 1.165) is 5.75 Å². The molecule has 1 aliphatic heterocycles. The van der Waals surface area contributed by atoms with Crippen LogP contribution in [0.25, 0.3) is 0 Å². The summed E-state index contributed by atoms with van der Waals surface area (Å²) in [5, 5.41) is 9.75. The van der Waals surface area contributed by atoms with Gasteiger partial charge in [0, 0.05) is 18.7 Å². The van der Waals surface area contributed by atoms with Gasteiger partial charge in [0.1, 0.15) is 5.75 Å². The molecule has 1 heterocycles. The topological polar surface area (TPSA) is 88.1 Å². The van der Waals surface area contributed by atoms with Crippen LogP contribution in [-0.4, -0.2) is 49.5 Å². The lowest BCUT2D eigenvalue weighted by atomic mass is 9.99. The highest BCUT2D eigenvalue weighted by Crippen LogP contribution is 2.44. The van der Waals surface area contributed by atoms with E-state index in [1.165, 1.54) is 4.90 Å². The zero-order valence-corrected chi connectivity index (χ0v) is 20.0. The molecule has 0 bridgehead atoms. The van der Waals surface area contributed by atoms with Crippen molar-refractivity contribution in [3.05, 3.63) is 29.8 Å². The molecule has 1 saturated heterocycles. The van der Waals surface area contributed by atoms with Crippen molar-refractivity contribution in [2.75, 3.05) is 13.1 Å². The highest BCUT2D eigenvalue weighted by atomic mass is 28.4. The number of hydrogen-bond acceptors (Lipinski definition) is 5. The molecule has 1 aromatic rings. The van der Waals surface area contributed by atoms with Crippen molar-refractivity contribution in [1.29, 1.82) is 0 Å². The summed E-state index contributed by atoms with van der Waals surface area (Å²) in [5.41, 5.74) is 2.59. The molecule has 8 heteroatoms. The first-order valence-corrected chi connectivity index (χ1v) is 13.6. The summed E-state index contributed by atoms with van der Waals surface area (Å²) in [4.78, 5) is 30.9. The normalized spacial score (nSPS) is 18.0. The minimum Gasteiger partial charge on any atom is -0.543 e. The van der Waals surface area contributed by atoms with Crippen molar-refractivity contribution >= 4 is 20.3 Å². The molecule has 0 saturated carbocycles. The van der Waals surface area contributed by atoms with Gasteiger partial charge in [-0.05, 0) is 67.6 Å². The van der Waals surface area contributed by atoms with Crippen LogP contribution in [0.15, 0.2) is 24.3 Å². The molecule has 1 aromatic carbocycles. The molecule has 30 heavy (non-hydrogen) atoms. The molecule has 2 rings (SSSR count). The Hall–Kier alpha value is -2.06. The Morgan fingerprint density at radius 1 is 1.17 bits per heavy atom. The van der Waals surface area contributed by atoms with Crippen molar-refractivity contribution in [1.82, 2.24) is 10.4 Å². The van der Waals surface area contributed by atoms with Gasteiger partial charge in [-0.25, -0.2) is 4.79 Å². The minimum absolute atomic E-state index is 0.0840. The number of carbonyl (C=O) groups is 2. The quantitative estimate of drug-likeness (QED) is 0.530. The predicted molar refractivity (Wildman–Crippen MR) is 119 cm³/mol. The number of carbonyl (C=O) groups excluding carboxylic acids is 2. The van der Waals surface area contributed by atoms with Crippen LogP contribution in [0.1, 0.15) is 57.3 Å². The molecular weight excluding hydrogens is 400 g/mol. The molecule has 0 aromatic heterocycles. The fraction of sp³-hybridized carbons (Fsp3) is 0.636. The molecular formula is C22H36N2O5Si. The standard InChI is InChI=1S/C22H36N2O5Si/c1-16(2)22(3,4)30(5,6)29-19-11-9-17(10-12-19)20(26)23-28-21(27)24-14-7-8-18(25)13-15-24/h9-12,16,18,25H,7-8,13-15H2,1-6H3,(H,23,26). The van der Waals surface area contributed by atoms with Crippen LogP contribution >= 0.6 is 0 Å².